The van der Waals surface area contributed by atoms with E-state index >= 15 is 0 Å². The van der Waals surface area contributed by atoms with E-state index < -0.39 is 56.5 Å². The molecule has 0 bridgehead atoms. The molecule has 2 aliphatic heterocycles. The number of fused-ring (bicyclic) bond motifs is 1. The molecule has 2 aliphatic rings. The maximum Gasteiger partial charge on any atom is 0.459 e. The van der Waals surface area contributed by atoms with Crippen molar-refractivity contribution in [2.75, 3.05) is 25.6 Å². The first-order chi connectivity index (χ1) is 19.1. The van der Waals surface area contributed by atoms with Gasteiger partial charge in [-0.05, 0) is 31.2 Å². The average Bonchev–Trinajstić information content (AvgIpc) is 3.46. The fourth-order valence-electron chi connectivity index (χ4n) is 4.19. The van der Waals surface area contributed by atoms with E-state index in [0.29, 0.717) is 11.2 Å². The molecular formula is C24H27N6O9P. The van der Waals surface area contributed by atoms with Crippen molar-refractivity contribution in [1.29, 1.82) is 0 Å². The number of ether oxygens (including phenoxy) is 3. The largest absolute Gasteiger partial charge is 0.459 e. The summed E-state index contributed by atoms with van der Waals surface area (Å²) in [6, 6.07) is 10.0. The molecule has 0 aliphatic carbocycles. The lowest BCUT2D eigenvalue weighted by molar-refractivity contribution is -0.173. The fourth-order valence-corrected chi connectivity index (χ4v) is 5.70. The van der Waals surface area contributed by atoms with Gasteiger partial charge >= 0.3 is 19.4 Å². The second-order valence-electron chi connectivity index (χ2n) is 9.25. The molecule has 0 radical (unpaired) electrons. The fraction of sp³-hybridized carbons (Fsp3) is 0.417. The second-order valence-corrected chi connectivity index (χ2v) is 10.9. The Kier molecular flexibility index (Phi) is 7.76. The number of benzene rings is 1. The molecule has 16 heteroatoms. The van der Waals surface area contributed by atoms with Crippen LogP contribution < -0.4 is 15.3 Å². The van der Waals surface area contributed by atoms with Crippen LogP contribution in [-0.2, 0) is 28.1 Å². The predicted octanol–water partition coefficient (Wildman–Crippen LogP) is 0.844. The molecule has 2 saturated heterocycles. The third kappa shape index (κ3) is 5.38. The first kappa shape index (κ1) is 27.9. The van der Waals surface area contributed by atoms with Crippen LogP contribution in [0.4, 0.5) is 5.82 Å². The highest BCUT2D eigenvalue weighted by molar-refractivity contribution is 7.52. The van der Waals surface area contributed by atoms with Crippen LogP contribution in [-0.4, -0.2) is 80.7 Å². The van der Waals surface area contributed by atoms with Crippen LogP contribution in [0.5, 0.6) is 5.75 Å². The molecule has 5 N–H and O–H groups in total. The molecule has 6 atom stereocenters. The molecule has 5 rings (SSSR count). The molecule has 0 saturated carbocycles. The number of hydrogen-bond donors (Lipinski definition) is 4. The lowest BCUT2D eigenvalue weighted by Gasteiger charge is -2.28. The Morgan fingerprint density at radius 2 is 2.08 bits per heavy atom. The molecule has 40 heavy (non-hydrogen) atoms. The van der Waals surface area contributed by atoms with E-state index in [2.05, 4.69) is 20.0 Å². The highest BCUT2D eigenvalue weighted by Crippen LogP contribution is 2.49. The topological polar surface area (TPSA) is 193 Å². The number of carbonyl (C=O) groups is 1. The van der Waals surface area contributed by atoms with Crippen LogP contribution in [0.1, 0.15) is 18.7 Å². The monoisotopic (exact) mass is 574 g/mol. The van der Waals surface area contributed by atoms with Gasteiger partial charge in [0.15, 0.2) is 18.5 Å². The quantitative estimate of drug-likeness (QED) is 0.151. The number of hydrogen-bond acceptors (Lipinski definition) is 12. The minimum absolute atomic E-state index is 0.144. The van der Waals surface area contributed by atoms with E-state index in [4.69, 9.17) is 35.6 Å². The summed E-state index contributed by atoms with van der Waals surface area (Å²) >= 11 is 0. The van der Waals surface area contributed by atoms with Crippen LogP contribution in [0, 0.1) is 6.57 Å². The molecule has 0 spiro atoms. The van der Waals surface area contributed by atoms with Gasteiger partial charge in [0, 0.05) is 0 Å². The number of nitrogen functional groups attached to an aromatic ring is 1. The van der Waals surface area contributed by atoms with Crippen molar-refractivity contribution in [1.82, 2.24) is 19.7 Å². The van der Waals surface area contributed by atoms with E-state index in [0.717, 1.165) is 0 Å². The number of carbonyl (C=O) groups excluding carboxylic acids is 1. The van der Waals surface area contributed by atoms with Crippen LogP contribution in [0.3, 0.4) is 0 Å². The second kappa shape index (κ2) is 11.1. The summed E-state index contributed by atoms with van der Waals surface area (Å²) in [5.41, 5.74) is 4.41. The molecule has 1 unspecified atom stereocenters. The van der Waals surface area contributed by atoms with Gasteiger partial charge in [0.2, 0.25) is 0 Å². The SMILES string of the molecule is [C-]#[N+][C@]1(COP(=O)(N[C@@H](C)C(=O)OC2COC2)Oc2ccccc2)O[C@@H](c2ccc3c(N)ncnn23)[C@H](O)[C@@H]1O. The standard InChI is InChI=1S/C24H27N6O9P/c1-14(23(33)37-16-10-35-11-16)29-40(34,39-15-6-4-3-5-7-15)36-12-24(26-2)21(32)19(31)20(38-24)17-8-9-18-22(25)27-13-28-30(17)18/h3-9,13-14,16,19-21,31-32H,10-12H2,1H3,(H,29,34)(H2,25,27,28)/t14-,19-,20-,21-,24+,40?/m0/s1. The maximum atomic E-state index is 13.9. The number of nitrogens with zero attached hydrogens (tertiary/aromatic N) is 4. The molecule has 2 fully saturated rings. The third-order valence-corrected chi connectivity index (χ3v) is 8.05. The number of nitrogens with two attached hydrogens (primary N) is 1. The number of aromatic nitrogens is 3. The summed E-state index contributed by atoms with van der Waals surface area (Å²) in [6.45, 7) is 8.90. The summed E-state index contributed by atoms with van der Waals surface area (Å²) in [4.78, 5) is 19.8. The number of para-hydroxylation sites is 1. The zero-order valence-corrected chi connectivity index (χ0v) is 22.1. The number of aliphatic hydroxyl groups is 2. The number of rotatable bonds is 10. The first-order valence-electron chi connectivity index (χ1n) is 12.2. The van der Waals surface area contributed by atoms with Crippen molar-refractivity contribution in [3.63, 3.8) is 0 Å². The number of anilines is 1. The van der Waals surface area contributed by atoms with E-state index in [9.17, 15) is 19.6 Å². The summed E-state index contributed by atoms with van der Waals surface area (Å²) in [7, 11) is -4.41. The Morgan fingerprint density at radius 3 is 2.75 bits per heavy atom. The highest BCUT2D eigenvalue weighted by Gasteiger charge is 2.62. The molecule has 15 nitrogen and oxygen atoms in total. The number of esters is 1. The summed E-state index contributed by atoms with van der Waals surface area (Å²) in [5.74, 6) is -0.398. The Morgan fingerprint density at radius 1 is 1.32 bits per heavy atom. The Balaban J connectivity index is 1.37. The van der Waals surface area contributed by atoms with Gasteiger partial charge in [-0.3, -0.25) is 18.9 Å². The van der Waals surface area contributed by atoms with Gasteiger partial charge in [-0.1, -0.05) is 18.2 Å². The Bertz CT molecular complexity index is 1460. The van der Waals surface area contributed by atoms with E-state index in [1.165, 1.54) is 29.9 Å². The summed E-state index contributed by atoms with van der Waals surface area (Å²) in [6.07, 6.45) is -3.81. The van der Waals surface area contributed by atoms with Gasteiger partial charge in [-0.2, -0.15) is 10.2 Å². The average molecular weight is 574 g/mol. The summed E-state index contributed by atoms with van der Waals surface area (Å²) in [5, 5.41) is 28.4. The van der Waals surface area contributed by atoms with Crippen molar-refractivity contribution in [2.24, 2.45) is 0 Å². The lowest BCUT2D eigenvalue weighted by atomic mass is 10.0. The van der Waals surface area contributed by atoms with Crippen LogP contribution in [0.2, 0.25) is 0 Å². The van der Waals surface area contributed by atoms with Gasteiger partial charge in [-0.25, -0.2) is 20.6 Å². The Hall–Kier alpha value is -3.61. The van der Waals surface area contributed by atoms with Crippen molar-refractivity contribution in [2.45, 2.75) is 43.1 Å². The molecule has 2 aromatic heterocycles. The third-order valence-electron chi connectivity index (χ3n) is 6.42. The minimum atomic E-state index is -4.41. The van der Waals surface area contributed by atoms with Crippen LogP contribution in [0.25, 0.3) is 10.4 Å². The molecule has 0 amide bonds. The number of nitrogens with one attached hydrogen (secondary N) is 1. The van der Waals surface area contributed by atoms with Crippen LogP contribution >= 0.6 is 7.75 Å². The molecule has 1 aromatic carbocycles. The molecular weight excluding hydrogens is 547 g/mol. The summed E-state index contributed by atoms with van der Waals surface area (Å²) < 4.78 is 42.6. The van der Waals surface area contributed by atoms with Gasteiger partial charge in [-0.15, -0.1) is 0 Å². The molecule has 3 aromatic rings. The molecule has 212 valence electrons. The Labute approximate surface area is 228 Å². The van der Waals surface area contributed by atoms with Crippen molar-refractivity contribution < 1.29 is 42.8 Å². The smallest absolute Gasteiger partial charge is 0.456 e. The maximum absolute atomic E-state index is 13.9. The van der Waals surface area contributed by atoms with Crippen molar-refractivity contribution in [3.05, 3.63) is 65.9 Å². The zero-order valence-electron chi connectivity index (χ0n) is 21.2. The minimum Gasteiger partial charge on any atom is -0.456 e. The van der Waals surface area contributed by atoms with E-state index in [1.807, 2.05) is 0 Å². The first-order valence-corrected chi connectivity index (χ1v) is 13.7. The van der Waals surface area contributed by atoms with Gasteiger partial charge < -0.3 is 29.9 Å². The van der Waals surface area contributed by atoms with Crippen molar-refractivity contribution in [3.8, 4) is 5.75 Å². The number of aliphatic hydroxyl groups excluding tert-OH is 2. The lowest BCUT2D eigenvalue weighted by Crippen LogP contribution is -2.45. The van der Waals surface area contributed by atoms with Gasteiger partial charge in [0.25, 0.3) is 0 Å². The highest BCUT2D eigenvalue weighted by atomic mass is 31.2. The van der Waals surface area contributed by atoms with Crippen molar-refractivity contribution >= 4 is 25.1 Å². The van der Waals surface area contributed by atoms with E-state index in [-0.39, 0.29) is 24.8 Å². The zero-order chi connectivity index (χ0) is 28.5. The predicted molar refractivity (Wildman–Crippen MR) is 136 cm³/mol. The van der Waals surface area contributed by atoms with E-state index in [1.54, 1.807) is 30.3 Å². The molecule has 4 heterocycles. The normalized spacial score (nSPS) is 26.9. The van der Waals surface area contributed by atoms with Gasteiger partial charge in [0.1, 0.15) is 41.9 Å². The van der Waals surface area contributed by atoms with Gasteiger partial charge in [0.05, 0.1) is 18.9 Å². The van der Waals surface area contributed by atoms with Crippen LogP contribution in [0.15, 0.2) is 48.8 Å².